The molecule has 0 bridgehead atoms. The first kappa shape index (κ1) is 18.6. The van der Waals surface area contributed by atoms with Gasteiger partial charge >= 0.3 is 0 Å². The summed E-state index contributed by atoms with van der Waals surface area (Å²) in [5.74, 6) is 0. The predicted molar refractivity (Wildman–Crippen MR) is 103 cm³/mol. The summed E-state index contributed by atoms with van der Waals surface area (Å²) in [4.78, 5) is 10.5. The van der Waals surface area contributed by atoms with Gasteiger partial charge in [0.2, 0.25) is 0 Å². The van der Waals surface area contributed by atoms with E-state index in [-0.39, 0.29) is 5.04 Å². The quantitative estimate of drug-likeness (QED) is 0.413. The van der Waals surface area contributed by atoms with E-state index in [2.05, 4.69) is 81.4 Å². The van der Waals surface area contributed by atoms with Crippen molar-refractivity contribution >= 4 is 25.0 Å². The van der Waals surface area contributed by atoms with Crippen molar-refractivity contribution < 1.29 is 9.22 Å². The predicted octanol–water partition coefficient (Wildman–Crippen LogP) is 3.93. The van der Waals surface area contributed by atoms with Crippen LogP contribution in [0.5, 0.6) is 0 Å². The SMILES string of the molecule is CC(C)(C)[Si](OCCCCC=O)(c1ccccc1)c1ccccc1. The summed E-state index contributed by atoms with van der Waals surface area (Å²) in [6.45, 7) is 7.54. The molecule has 0 aliphatic heterocycles. The van der Waals surface area contributed by atoms with Gasteiger partial charge in [0, 0.05) is 13.0 Å². The van der Waals surface area contributed by atoms with E-state index >= 15 is 0 Å². The Balaban J connectivity index is 2.43. The lowest BCUT2D eigenvalue weighted by Crippen LogP contribution is -2.66. The van der Waals surface area contributed by atoms with Crippen molar-refractivity contribution in [3.63, 3.8) is 0 Å². The molecule has 0 aliphatic carbocycles. The largest absolute Gasteiger partial charge is 0.407 e. The smallest absolute Gasteiger partial charge is 0.261 e. The molecular weight excluding hydrogens is 312 g/mol. The lowest BCUT2D eigenvalue weighted by Gasteiger charge is -2.43. The molecule has 3 heteroatoms. The van der Waals surface area contributed by atoms with Gasteiger partial charge in [0.1, 0.15) is 6.29 Å². The van der Waals surface area contributed by atoms with Gasteiger partial charge in [-0.05, 0) is 28.3 Å². The number of rotatable bonds is 8. The van der Waals surface area contributed by atoms with Crippen LogP contribution in [0.25, 0.3) is 0 Å². The second-order valence-corrected chi connectivity index (χ2v) is 11.5. The van der Waals surface area contributed by atoms with E-state index in [0.29, 0.717) is 13.0 Å². The van der Waals surface area contributed by atoms with Crippen molar-refractivity contribution in [3.05, 3.63) is 60.7 Å². The monoisotopic (exact) mass is 340 g/mol. The zero-order valence-electron chi connectivity index (χ0n) is 15.0. The summed E-state index contributed by atoms with van der Waals surface area (Å²) in [6, 6.07) is 21.3. The van der Waals surface area contributed by atoms with Gasteiger partial charge < -0.3 is 9.22 Å². The Morgan fingerprint density at radius 3 is 1.79 bits per heavy atom. The maximum Gasteiger partial charge on any atom is 0.261 e. The highest BCUT2D eigenvalue weighted by atomic mass is 28.4. The fourth-order valence-electron chi connectivity index (χ4n) is 3.32. The first-order valence-corrected chi connectivity index (χ1v) is 10.6. The molecule has 0 aliphatic rings. The van der Waals surface area contributed by atoms with E-state index in [1.807, 2.05) is 0 Å². The Hall–Kier alpha value is -1.71. The molecule has 2 rings (SSSR count). The van der Waals surface area contributed by atoms with Crippen LogP contribution < -0.4 is 10.4 Å². The van der Waals surface area contributed by atoms with E-state index in [0.717, 1.165) is 19.1 Å². The average Bonchev–Trinajstić information content (AvgIpc) is 2.59. The second kappa shape index (κ2) is 8.40. The summed E-state index contributed by atoms with van der Waals surface area (Å²) in [6.07, 6.45) is 3.41. The van der Waals surface area contributed by atoms with Gasteiger partial charge in [-0.25, -0.2) is 0 Å². The van der Waals surface area contributed by atoms with Gasteiger partial charge in [-0.15, -0.1) is 0 Å². The minimum absolute atomic E-state index is 0.0143. The van der Waals surface area contributed by atoms with Crippen LogP contribution in [0.4, 0.5) is 0 Å². The molecule has 2 aromatic carbocycles. The highest BCUT2D eigenvalue weighted by Gasteiger charge is 2.49. The second-order valence-electron chi connectivity index (χ2n) is 7.17. The molecule has 0 spiro atoms. The van der Waals surface area contributed by atoms with Crippen LogP contribution in [-0.4, -0.2) is 21.2 Å². The zero-order chi connectivity index (χ0) is 17.5. The highest BCUT2D eigenvalue weighted by molar-refractivity contribution is 6.99. The van der Waals surface area contributed by atoms with Crippen molar-refractivity contribution in [3.8, 4) is 0 Å². The van der Waals surface area contributed by atoms with Crippen molar-refractivity contribution in [1.82, 2.24) is 0 Å². The van der Waals surface area contributed by atoms with Gasteiger partial charge in [0.15, 0.2) is 0 Å². The van der Waals surface area contributed by atoms with E-state index in [1.54, 1.807) is 0 Å². The molecule has 0 atom stereocenters. The maximum atomic E-state index is 10.5. The van der Waals surface area contributed by atoms with Gasteiger partial charge in [-0.1, -0.05) is 81.4 Å². The molecule has 2 aromatic rings. The van der Waals surface area contributed by atoms with Crippen molar-refractivity contribution in [2.24, 2.45) is 0 Å². The Bertz CT molecular complexity index is 578. The van der Waals surface area contributed by atoms with Crippen LogP contribution >= 0.6 is 0 Å². The molecule has 0 saturated carbocycles. The first-order chi connectivity index (χ1) is 11.5. The summed E-state index contributed by atoms with van der Waals surface area (Å²) >= 11 is 0. The molecular formula is C21H28O2Si. The van der Waals surface area contributed by atoms with E-state index < -0.39 is 8.32 Å². The maximum absolute atomic E-state index is 10.5. The number of hydrogen-bond acceptors (Lipinski definition) is 2. The topological polar surface area (TPSA) is 26.3 Å². The van der Waals surface area contributed by atoms with E-state index in [4.69, 9.17) is 4.43 Å². The lowest BCUT2D eigenvalue weighted by molar-refractivity contribution is -0.107. The Morgan fingerprint density at radius 1 is 0.875 bits per heavy atom. The van der Waals surface area contributed by atoms with Crippen LogP contribution in [0.1, 0.15) is 40.0 Å². The molecule has 0 aromatic heterocycles. The third-order valence-corrected chi connectivity index (χ3v) is 9.49. The van der Waals surface area contributed by atoms with Gasteiger partial charge in [-0.3, -0.25) is 0 Å². The molecule has 0 fully saturated rings. The third kappa shape index (κ3) is 4.03. The zero-order valence-corrected chi connectivity index (χ0v) is 16.0. The Labute approximate surface area is 147 Å². The number of carbonyl (C=O) groups is 1. The molecule has 0 N–H and O–H groups in total. The molecule has 0 radical (unpaired) electrons. The van der Waals surface area contributed by atoms with Gasteiger partial charge in [-0.2, -0.15) is 0 Å². The van der Waals surface area contributed by atoms with E-state index in [9.17, 15) is 4.79 Å². The van der Waals surface area contributed by atoms with Crippen molar-refractivity contribution in [1.29, 1.82) is 0 Å². The Morgan fingerprint density at radius 2 is 1.38 bits per heavy atom. The third-order valence-electron chi connectivity index (χ3n) is 4.45. The summed E-state index contributed by atoms with van der Waals surface area (Å²) in [5.41, 5.74) is 0. The number of aldehydes is 1. The average molecular weight is 341 g/mol. The minimum atomic E-state index is -2.40. The van der Waals surface area contributed by atoms with Gasteiger partial charge in [0.25, 0.3) is 8.32 Å². The summed E-state index contributed by atoms with van der Waals surface area (Å²) in [7, 11) is -2.40. The molecule has 24 heavy (non-hydrogen) atoms. The van der Waals surface area contributed by atoms with Gasteiger partial charge in [0.05, 0.1) is 0 Å². The van der Waals surface area contributed by atoms with E-state index in [1.165, 1.54) is 10.4 Å². The molecule has 0 heterocycles. The molecule has 0 amide bonds. The fraction of sp³-hybridized carbons (Fsp3) is 0.381. The summed E-state index contributed by atoms with van der Waals surface area (Å²) in [5, 5.41) is 2.62. The number of unbranched alkanes of at least 4 members (excludes halogenated alkanes) is 2. The van der Waals surface area contributed by atoms with Crippen molar-refractivity contribution in [2.45, 2.75) is 45.1 Å². The number of benzene rings is 2. The molecule has 2 nitrogen and oxygen atoms in total. The number of hydrogen-bond donors (Lipinski definition) is 0. The van der Waals surface area contributed by atoms with Crippen LogP contribution in [0, 0.1) is 0 Å². The standard InChI is InChI=1S/C21H28O2Si/c1-21(2,3)24(19-13-7-4-8-14-19,20-15-9-5-10-16-20)23-18-12-6-11-17-22/h4-5,7-10,13-17H,6,11-12,18H2,1-3H3. The highest BCUT2D eigenvalue weighted by Crippen LogP contribution is 2.36. The molecule has 0 unspecified atom stereocenters. The van der Waals surface area contributed by atoms with Crippen LogP contribution in [0.2, 0.25) is 5.04 Å². The van der Waals surface area contributed by atoms with Crippen molar-refractivity contribution in [2.75, 3.05) is 6.61 Å². The normalized spacial score (nSPS) is 12.1. The molecule has 128 valence electrons. The number of carbonyl (C=O) groups excluding carboxylic acids is 1. The summed E-state index contributed by atoms with van der Waals surface area (Å²) < 4.78 is 6.74. The van der Waals surface area contributed by atoms with Crippen LogP contribution in [0.3, 0.4) is 0 Å². The van der Waals surface area contributed by atoms with Crippen LogP contribution in [0.15, 0.2) is 60.7 Å². The fourth-order valence-corrected chi connectivity index (χ4v) is 7.92. The Kier molecular flexibility index (Phi) is 6.52. The minimum Gasteiger partial charge on any atom is -0.407 e. The first-order valence-electron chi connectivity index (χ1n) is 8.71. The van der Waals surface area contributed by atoms with Crippen LogP contribution in [-0.2, 0) is 9.22 Å². The molecule has 0 saturated heterocycles. The lowest BCUT2D eigenvalue weighted by atomic mass is 10.2.